The fraction of sp³-hybridized carbons (Fsp3) is 0.333. The summed E-state index contributed by atoms with van der Waals surface area (Å²) in [6.45, 7) is 7.05. The maximum atomic E-state index is 6.24. The van der Waals surface area contributed by atoms with Crippen LogP contribution in [0.2, 0.25) is 10.0 Å². The molecule has 0 radical (unpaired) electrons. The van der Waals surface area contributed by atoms with E-state index in [1.54, 1.807) is 12.1 Å². The first-order valence-corrected chi connectivity index (χ1v) is 7.33. The van der Waals surface area contributed by atoms with Crippen LogP contribution in [0.1, 0.15) is 24.5 Å². The van der Waals surface area contributed by atoms with E-state index in [0.29, 0.717) is 10.0 Å². The molecule has 106 valence electrons. The van der Waals surface area contributed by atoms with Crippen LogP contribution >= 0.6 is 23.2 Å². The molecule has 1 N–H and O–H groups in total. The van der Waals surface area contributed by atoms with Gasteiger partial charge in [-0.2, -0.15) is 0 Å². The molecule has 1 heterocycles. The van der Waals surface area contributed by atoms with Crippen LogP contribution in [-0.4, -0.2) is 16.7 Å². The molecular weight excluding hydrogens is 293 g/mol. The molecule has 0 unspecified atom stereocenters. The summed E-state index contributed by atoms with van der Waals surface area (Å²) in [6.07, 6.45) is 1.04. The van der Waals surface area contributed by atoms with Gasteiger partial charge in [0, 0.05) is 17.1 Å². The van der Waals surface area contributed by atoms with E-state index in [1.807, 2.05) is 19.9 Å². The van der Waals surface area contributed by atoms with E-state index in [4.69, 9.17) is 23.2 Å². The third-order valence-electron chi connectivity index (χ3n) is 3.25. The van der Waals surface area contributed by atoms with Crippen LogP contribution in [0.15, 0.2) is 18.2 Å². The maximum Gasteiger partial charge on any atom is 0.151 e. The lowest BCUT2D eigenvalue weighted by Gasteiger charge is -2.13. The molecule has 0 spiro atoms. The Hall–Kier alpha value is -1.32. The predicted molar refractivity (Wildman–Crippen MR) is 85.7 cm³/mol. The van der Waals surface area contributed by atoms with Crippen molar-refractivity contribution < 1.29 is 0 Å². The highest BCUT2D eigenvalue weighted by molar-refractivity contribution is 6.35. The topological polar surface area (TPSA) is 37.8 Å². The van der Waals surface area contributed by atoms with Gasteiger partial charge in [0.05, 0.1) is 10.7 Å². The average molecular weight is 310 g/mol. The Bertz CT molecular complexity index is 627. The number of hydrogen-bond donors (Lipinski definition) is 1. The number of halogens is 2. The fourth-order valence-electron chi connectivity index (χ4n) is 1.95. The molecule has 0 amide bonds. The molecule has 0 saturated carbocycles. The lowest BCUT2D eigenvalue weighted by atomic mass is 10.0. The number of aromatic nitrogens is 2. The van der Waals surface area contributed by atoms with Crippen molar-refractivity contribution in [2.24, 2.45) is 0 Å². The summed E-state index contributed by atoms with van der Waals surface area (Å²) in [5, 5.41) is 13.1. The van der Waals surface area contributed by atoms with Crippen LogP contribution in [0.5, 0.6) is 0 Å². The zero-order chi connectivity index (χ0) is 14.7. The van der Waals surface area contributed by atoms with Gasteiger partial charge < -0.3 is 5.32 Å². The van der Waals surface area contributed by atoms with Crippen LogP contribution in [0.25, 0.3) is 11.3 Å². The molecule has 0 aliphatic heterocycles. The molecule has 0 atom stereocenters. The van der Waals surface area contributed by atoms with E-state index in [-0.39, 0.29) is 0 Å². The second kappa shape index (κ2) is 6.42. The summed E-state index contributed by atoms with van der Waals surface area (Å²) < 4.78 is 0. The Morgan fingerprint density at radius 2 is 1.85 bits per heavy atom. The minimum atomic E-state index is 0.625. The van der Waals surface area contributed by atoms with Crippen molar-refractivity contribution in [1.29, 1.82) is 0 Å². The van der Waals surface area contributed by atoms with E-state index in [9.17, 15) is 0 Å². The number of benzene rings is 1. The van der Waals surface area contributed by atoms with Gasteiger partial charge in [-0.25, -0.2) is 0 Å². The molecule has 5 heteroatoms. The first kappa shape index (κ1) is 15.1. The molecule has 2 rings (SSSR count). The molecule has 0 aliphatic carbocycles. The summed E-state index contributed by atoms with van der Waals surface area (Å²) >= 11 is 12.3. The van der Waals surface area contributed by atoms with Crippen LogP contribution < -0.4 is 5.32 Å². The molecule has 0 bridgehead atoms. The van der Waals surface area contributed by atoms with E-state index in [1.165, 1.54) is 0 Å². The highest BCUT2D eigenvalue weighted by Crippen LogP contribution is 2.33. The van der Waals surface area contributed by atoms with Crippen molar-refractivity contribution in [1.82, 2.24) is 10.2 Å². The Balaban J connectivity index is 2.48. The molecule has 2 aromatic rings. The average Bonchev–Trinajstić information content (AvgIpc) is 2.43. The van der Waals surface area contributed by atoms with Crippen molar-refractivity contribution >= 4 is 29.0 Å². The SMILES string of the molecule is CCCNc1nnc(-c2cc(Cl)ccc2Cl)c(C)c1C. The van der Waals surface area contributed by atoms with Crippen molar-refractivity contribution in [2.45, 2.75) is 27.2 Å². The smallest absolute Gasteiger partial charge is 0.151 e. The standard InChI is InChI=1S/C15H17Cl2N3/c1-4-7-18-15-10(3)9(2)14(19-20-15)12-8-11(16)5-6-13(12)17/h5-6,8H,4,7H2,1-3H3,(H,18,20). The van der Waals surface area contributed by atoms with Gasteiger partial charge >= 0.3 is 0 Å². The van der Waals surface area contributed by atoms with Crippen molar-refractivity contribution in [3.8, 4) is 11.3 Å². The molecule has 3 nitrogen and oxygen atoms in total. The van der Waals surface area contributed by atoms with Crippen molar-refractivity contribution in [3.05, 3.63) is 39.4 Å². The Morgan fingerprint density at radius 1 is 1.10 bits per heavy atom. The minimum Gasteiger partial charge on any atom is -0.368 e. The second-order valence-electron chi connectivity index (χ2n) is 4.70. The largest absolute Gasteiger partial charge is 0.368 e. The minimum absolute atomic E-state index is 0.625. The Morgan fingerprint density at radius 3 is 2.55 bits per heavy atom. The van der Waals surface area contributed by atoms with Gasteiger partial charge in [0.15, 0.2) is 5.82 Å². The van der Waals surface area contributed by atoms with Crippen LogP contribution in [0, 0.1) is 13.8 Å². The van der Waals surface area contributed by atoms with E-state index in [2.05, 4.69) is 22.4 Å². The van der Waals surface area contributed by atoms with E-state index < -0.39 is 0 Å². The third kappa shape index (κ3) is 3.05. The quantitative estimate of drug-likeness (QED) is 0.873. The van der Waals surface area contributed by atoms with Crippen LogP contribution in [-0.2, 0) is 0 Å². The molecule has 20 heavy (non-hydrogen) atoms. The number of hydrogen-bond acceptors (Lipinski definition) is 3. The van der Waals surface area contributed by atoms with Gasteiger partial charge in [-0.3, -0.25) is 0 Å². The maximum absolute atomic E-state index is 6.24. The summed E-state index contributed by atoms with van der Waals surface area (Å²) in [6, 6.07) is 5.36. The third-order valence-corrected chi connectivity index (χ3v) is 3.81. The molecule has 1 aromatic heterocycles. The summed E-state index contributed by atoms with van der Waals surface area (Å²) in [7, 11) is 0. The highest BCUT2D eigenvalue weighted by atomic mass is 35.5. The molecule has 0 saturated heterocycles. The lowest BCUT2D eigenvalue weighted by Crippen LogP contribution is -2.07. The summed E-state index contributed by atoms with van der Waals surface area (Å²) in [5.74, 6) is 0.825. The summed E-state index contributed by atoms with van der Waals surface area (Å²) in [5.41, 5.74) is 3.73. The van der Waals surface area contributed by atoms with Gasteiger partial charge in [0.1, 0.15) is 0 Å². The van der Waals surface area contributed by atoms with Gasteiger partial charge in [0.25, 0.3) is 0 Å². The van der Waals surface area contributed by atoms with Crippen LogP contribution in [0.3, 0.4) is 0 Å². The Labute approximate surface area is 129 Å². The monoisotopic (exact) mass is 309 g/mol. The zero-order valence-electron chi connectivity index (χ0n) is 11.8. The zero-order valence-corrected chi connectivity index (χ0v) is 13.3. The number of nitrogens with one attached hydrogen (secondary N) is 1. The first-order chi connectivity index (χ1) is 9.54. The van der Waals surface area contributed by atoms with Crippen LogP contribution in [0.4, 0.5) is 5.82 Å². The molecule has 0 fully saturated rings. The number of rotatable bonds is 4. The van der Waals surface area contributed by atoms with Gasteiger partial charge in [0.2, 0.25) is 0 Å². The van der Waals surface area contributed by atoms with Gasteiger partial charge in [-0.05, 0) is 49.6 Å². The molecule has 0 aliphatic rings. The molecule has 1 aromatic carbocycles. The lowest BCUT2D eigenvalue weighted by molar-refractivity contribution is 0.933. The second-order valence-corrected chi connectivity index (χ2v) is 5.54. The number of nitrogens with zero attached hydrogens (tertiary/aromatic N) is 2. The van der Waals surface area contributed by atoms with Gasteiger partial charge in [-0.1, -0.05) is 30.1 Å². The van der Waals surface area contributed by atoms with Crippen molar-refractivity contribution in [2.75, 3.05) is 11.9 Å². The highest BCUT2D eigenvalue weighted by Gasteiger charge is 2.14. The number of anilines is 1. The fourth-order valence-corrected chi connectivity index (χ4v) is 2.33. The normalized spacial score (nSPS) is 10.7. The predicted octanol–water partition coefficient (Wildman–Crippen LogP) is 4.89. The van der Waals surface area contributed by atoms with Gasteiger partial charge in [-0.15, -0.1) is 10.2 Å². The summed E-state index contributed by atoms with van der Waals surface area (Å²) in [4.78, 5) is 0. The van der Waals surface area contributed by atoms with E-state index >= 15 is 0 Å². The van der Waals surface area contributed by atoms with E-state index in [0.717, 1.165) is 41.2 Å². The first-order valence-electron chi connectivity index (χ1n) is 6.57. The molecular formula is C15H17Cl2N3. The van der Waals surface area contributed by atoms with Crippen molar-refractivity contribution in [3.63, 3.8) is 0 Å². The Kier molecular flexibility index (Phi) is 4.84.